The standard InChI is InChI=1S/C14H21N3O3/c1-14(2,3)16-10-4-9-15-13(18)11-5-7-12(8-6-11)17(19)20/h5-8,16H,4,9-10H2,1-3H3,(H,15,18)/p+1. The van der Waals surface area contributed by atoms with Crippen molar-refractivity contribution in [1.29, 1.82) is 0 Å². The van der Waals surface area contributed by atoms with Crippen LogP contribution < -0.4 is 10.6 Å². The molecule has 0 bridgehead atoms. The van der Waals surface area contributed by atoms with E-state index in [-0.39, 0.29) is 17.1 Å². The van der Waals surface area contributed by atoms with Gasteiger partial charge in [-0.3, -0.25) is 14.9 Å². The van der Waals surface area contributed by atoms with Crippen molar-refractivity contribution in [1.82, 2.24) is 5.32 Å². The van der Waals surface area contributed by atoms with E-state index < -0.39 is 4.92 Å². The predicted octanol–water partition coefficient (Wildman–Crippen LogP) is 1.08. The fourth-order valence-corrected chi connectivity index (χ4v) is 1.68. The molecule has 1 aromatic carbocycles. The van der Waals surface area contributed by atoms with Crippen LogP contribution in [0.4, 0.5) is 5.69 Å². The van der Waals surface area contributed by atoms with E-state index in [4.69, 9.17) is 0 Å². The Morgan fingerprint density at radius 3 is 2.40 bits per heavy atom. The molecule has 0 unspecified atom stereocenters. The van der Waals surface area contributed by atoms with Gasteiger partial charge < -0.3 is 10.6 Å². The van der Waals surface area contributed by atoms with E-state index in [1.54, 1.807) is 0 Å². The summed E-state index contributed by atoms with van der Waals surface area (Å²) >= 11 is 0. The molecule has 1 amide bonds. The molecule has 1 rings (SSSR count). The van der Waals surface area contributed by atoms with Crippen LogP contribution in [-0.2, 0) is 0 Å². The second-order valence-electron chi connectivity index (χ2n) is 5.77. The number of nitrogens with zero attached hydrogens (tertiary/aromatic N) is 1. The minimum atomic E-state index is -0.482. The van der Waals surface area contributed by atoms with Gasteiger partial charge in [-0.15, -0.1) is 0 Å². The normalized spacial score (nSPS) is 11.2. The van der Waals surface area contributed by atoms with Crippen LogP contribution >= 0.6 is 0 Å². The zero-order valence-electron chi connectivity index (χ0n) is 12.2. The molecule has 0 atom stereocenters. The Morgan fingerprint density at radius 1 is 1.30 bits per heavy atom. The number of carbonyl (C=O) groups is 1. The SMILES string of the molecule is CC(C)(C)[NH2+]CCCNC(=O)c1ccc([N+](=O)[O-])cc1. The third-order valence-corrected chi connectivity index (χ3v) is 2.76. The fourth-order valence-electron chi connectivity index (χ4n) is 1.68. The van der Waals surface area contributed by atoms with Gasteiger partial charge in [0.15, 0.2) is 0 Å². The molecule has 110 valence electrons. The Balaban J connectivity index is 2.34. The van der Waals surface area contributed by atoms with Gasteiger partial charge in [0.2, 0.25) is 0 Å². The number of benzene rings is 1. The lowest BCUT2D eigenvalue weighted by Gasteiger charge is -2.16. The Kier molecular flexibility index (Phi) is 5.64. The smallest absolute Gasteiger partial charge is 0.269 e. The Hall–Kier alpha value is -1.95. The molecule has 6 nitrogen and oxygen atoms in total. The highest BCUT2D eigenvalue weighted by Gasteiger charge is 2.12. The van der Waals surface area contributed by atoms with Crippen LogP contribution in [0.15, 0.2) is 24.3 Å². The van der Waals surface area contributed by atoms with E-state index >= 15 is 0 Å². The van der Waals surface area contributed by atoms with Gasteiger partial charge in [0.25, 0.3) is 11.6 Å². The molecule has 0 heterocycles. The number of amides is 1. The summed E-state index contributed by atoms with van der Waals surface area (Å²) in [6.07, 6.45) is 0.885. The third-order valence-electron chi connectivity index (χ3n) is 2.76. The van der Waals surface area contributed by atoms with Gasteiger partial charge >= 0.3 is 0 Å². The summed E-state index contributed by atoms with van der Waals surface area (Å²) in [4.78, 5) is 21.8. The molecule has 0 saturated heterocycles. The van der Waals surface area contributed by atoms with Crippen molar-refractivity contribution >= 4 is 11.6 Å². The molecular formula is C14H22N3O3+. The fraction of sp³-hybridized carbons (Fsp3) is 0.500. The molecule has 0 aliphatic heterocycles. The summed E-state index contributed by atoms with van der Waals surface area (Å²) < 4.78 is 0. The molecule has 0 spiro atoms. The van der Waals surface area contributed by atoms with Crippen LogP contribution in [0.25, 0.3) is 0 Å². The van der Waals surface area contributed by atoms with E-state index in [0.29, 0.717) is 12.1 Å². The quantitative estimate of drug-likeness (QED) is 0.464. The number of nitro groups is 1. The van der Waals surface area contributed by atoms with Gasteiger partial charge in [0.1, 0.15) is 0 Å². The molecular weight excluding hydrogens is 258 g/mol. The van der Waals surface area contributed by atoms with E-state index in [1.807, 2.05) is 0 Å². The van der Waals surface area contributed by atoms with Crippen molar-refractivity contribution in [2.24, 2.45) is 0 Å². The van der Waals surface area contributed by atoms with Gasteiger partial charge in [-0.05, 0) is 32.9 Å². The van der Waals surface area contributed by atoms with Crippen LogP contribution in [0.2, 0.25) is 0 Å². The first-order chi connectivity index (χ1) is 9.29. The number of nitrogens with two attached hydrogens (primary N) is 1. The molecule has 3 N–H and O–H groups in total. The minimum absolute atomic E-state index is 0.0127. The van der Waals surface area contributed by atoms with Crippen LogP contribution in [0.3, 0.4) is 0 Å². The van der Waals surface area contributed by atoms with Crippen molar-refractivity contribution < 1.29 is 15.0 Å². The molecule has 6 heteroatoms. The highest BCUT2D eigenvalue weighted by atomic mass is 16.6. The number of rotatable bonds is 6. The maximum Gasteiger partial charge on any atom is 0.269 e. The molecule has 0 aliphatic carbocycles. The Labute approximate surface area is 118 Å². The van der Waals surface area contributed by atoms with E-state index in [1.165, 1.54) is 24.3 Å². The second kappa shape index (κ2) is 7.00. The average Bonchev–Trinajstić information content (AvgIpc) is 2.37. The Morgan fingerprint density at radius 2 is 1.90 bits per heavy atom. The van der Waals surface area contributed by atoms with Crippen molar-refractivity contribution in [3.05, 3.63) is 39.9 Å². The molecule has 20 heavy (non-hydrogen) atoms. The molecule has 0 fully saturated rings. The number of nitrogens with one attached hydrogen (secondary N) is 1. The lowest BCUT2D eigenvalue weighted by Crippen LogP contribution is -2.94. The van der Waals surface area contributed by atoms with E-state index in [0.717, 1.165) is 13.0 Å². The summed E-state index contributed by atoms with van der Waals surface area (Å²) in [7, 11) is 0. The van der Waals surface area contributed by atoms with Crippen molar-refractivity contribution in [3.63, 3.8) is 0 Å². The van der Waals surface area contributed by atoms with Gasteiger partial charge in [-0.25, -0.2) is 0 Å². The summed E-state index contributed by atoms with van der Waals surface area (Å²) in [5.41, 5.74) is 0.624. The van der Waals surface area contributed by atoms with Gasteiger partial charge in [-0.1, -0.05) is 0 Å². The van der Waals surface area contributed by atoms with E-state index in [2.05, 4.69) is 31.4 Å². The molecule has 1 aromatic rings. The number of hydrogen-bond acceptors (Lipinski definition) is 3. The minimum Gasteiger partial charge on any atom is -0.352 e. The zero-order chi connectivity index (χ0) is 15.2. The maximum absolute atomic E-state index is 11.8. The van der Waals surface area contributed by atoms with Crippen LogP contribution in [0, 0.1) is 10.1 Å². The maximum atomic E-state index is 11.8. The van der Waals surface area contributed by atoms with Gasteiger partial charge in [-0.2, -0.15) is 0 Å². The number of non-ortho nitro benzene ring substituents is 1. The molecule has 0 aliphatic rings. The monoisotopic (exact) mass is 280 g/mol. The van der Waals surface area contributed by atoms with Crippen molar-refractivity contribution in [2.75, 3.05) is 13.1 Å². The Bertz CT molecular complexity index is 464. The summed E-state index contributed by atoms with van der Waals surface area (Å²) in [5, 5.41) is 15.5. The number of nitro benzene ring substituents is 1. The molecule has 0 radical (unpaired) electrons. The number of carbonyl (C=O) groups excluding carboxylic acids is 1. The lowest BCUT2D eigenvalue weighted by atomic mass is 10.1. The second-order valence-corrected chi connectivity index (χ2v) is 5.77. The van der Waals surface area contributed by atoms with Gasteiger partial charge in [0.05, 0.1) is 17.0 Å². The summed E-state index contributed by atoms with van der Waals surface area (Å²) in [6.45, 7) is 7.97. The van der Waals surface area contributed by atoms with Crippen LogP contribution in [-0.4, -0.2) is 29.5 Å². The molecule has 0 aromatic heterocycles. The zero-order valence-corrected chi connectivity index (χ0v) is 12.2. The van der Waals surface area contributed by atoms with Crippen molar-refractivity contribution in [3.8, 4) is 0 Å². The number of hydrogen-bond donors (Lipinski definition) is 2. The molecule has 0 saturated carbocycles. The first kappa shape index (κ1) is 16.1. The number of quaternary nitrogens is 1. The first-order valence-electron chi connectivity index (χ1n) is 6.66. The first-order valence-corrected chi connectivity index (χ1v) is 6.66. The highest BCUT2D eigenvalue weighted by Crippen LogP contribution is 2.11. The largest absolute Gasteiger partial charge is 0.352 e. The average molecular weight is 280 g/mol. The lowest BCUT2D eigenvalue weighted by molar-refractivity contribution is -0.717. The van der Waals surface area contributed by atoms with Gasteiger partial charge in [0, 0.05) is 30.7 Å². The van der Waals surface area contributed by atoms with Crippen LogP contribution in [0.5, 0.6) is 0 Å². The highest BCUT2D eigenvalue weighted by molar-refractivity contribution is 5.94. The predicted molar refractivity (Wildman–Crippen MR) is 76.6 cm³/mol. The van der Waals surface area contributed by atoms with Crippen LogP contribution in [0.1, 0.15) is 37.6 Å². The topological polar surface area (TPSA) is 88.8 Å². The third kappa shape index (κ3) is 5.79. The summed E-state index contributed by atoms with van der Waals surface area (Å²) in [6, 6.07) is 5.61. The van der Waals surface area contributed by atoms with Crippen molar-refractivity contribution in [2.45, 2.75) is 32.7 Å². The van der Waals surface area contributed by atoms with E-state index in [9.17, 15) is 14.9 Å². The summed E-state index contributed by atoms with van der Waals surface area (Å²) in [5.74, 6) is -0.198.